The number of aromatic nitrogens is 1. The molecule has 4 rings (SSSR count). The van der Waals surface area contributed by atoms with Gasteiger partial charge in [-0.1, -0.05) is 11.6 Å². The van der Waals surface area contributed by atoms with Crippen LogP contribution in [-0.2, 0) is 4.79 Å². The Morgan fingerprint density at radius 2 is 1.87 bits per heavy atom. The first-order valence-electron chi connectivity index (χ1n) is 10.1. The number of carbonyl (C=O) groups is 1. The lowest BCUT2D eigenvalue weighted by Gasteiger charge is -2.29. The SMILES string of the molecule is C#N.CC(Oc1ccc2c(-c3ccc(F)cc3Cl)ccnc2c1)C(=O)N1CCCCC1. The van der Waals surface area contributed by atoms with E-state index in [0.717, 1.165) is 48.0 Å². The minimum atomic E-state index is -0.555. The Morgan fingerprint density at radius 3 is 2.58 bits per heavy atom. The molecule has 1 fully saturated rings. The number of nitriles is 1. The van der Waals surface area contributed by atoms with E-state index >= 15 is 0 Å². The number of nitrogens with zero attached hydrogens (tertiary/aromatic N) is 3. The lowest BCUT2D eigenvalue weighted by molar-refractivity contribution is -0.138. The zero-order valence-corrected chi connectivity index (χ0v) is 18.0. The molecule has 1 aromatic heterocycles. The van der Waals surface area contributed by atoms with Gasteiger partial charge in [-0.25, -0.2) is 9.65 Å². The topological polar surface area (TPSA) is 66.2 Å². The van der Waals surface area contributed by atoms with Gasteiger partial charge >= 0.3 is 0 Å². The maximum absolute atomic E-state index is 13.4. The number of fused-ring (bicyclic) bond motifs is 1. The number of pyridine rings is 1. The number of halogens is 2. The molecule has 1 atom stereocenters. The summed E-state index contributed by atoms with van der Waals surface area (Å²) in [5.41, 5.74) is 2.32. The smallest absolute Gasteiger partial charge is 0.263 e. The molecule has 3 aromatic rings. The van der Waals surface area contributed by atoms with Crippen molar-refractivity contribution in [3.05, 3.63) is 59.5 Å². The molecule has 0 aliphatic carbocycles. The van der Waals surface area contributed by atoms with Crippen LogP contribution < -0.4 is 4.74 Å². The molecule has 31 heavy (non-hydrogen) atoms. The molecule has 160 valence electrons. The minimum absolute atomic E-state index is 0.0181. The predicted octanol–water partition coefficient (Wildman–Crippen LogP) is 5.61. The van der Waals surface area contributed by atoms with E-state index in [1.807, 2.05) is 29.2 Å². The summed E-state index contributed by atoms with van der Waals surface area (Å²) in [6.07, 6.45) is 4.40. The van der Waals surface area contributed by atoms with Crippen LogP contribution in [0, 0.1) is 17.7 Å². The molecule has 1 aliphatic heterocycles. The molecule has 1 amide bonds. The Labute approximate surface area is 186 Å². The second kappa shape index (κ2) is 10.2. The lowest BCUT2D eigenvalue weighted by Crippen LogP contribution is -2.43. The molecule has 7 heteroatoms. The fourth-order valence-corrected chi connectivity index (χ4v) is 4.04. The monoisotopic (exact) mass is 439 g/mol. The van der Waals surface area contributed by atoms with E-state index in [-0.39, 0.29) is 11.7 Å². The van der Waals surface area contributed by atoms with E-state index in [0.29, 0.717) is 10.8 Å². The highest BCUT2D eigenvalue weighted by Crippen LogP contribution is 2.34. The number of amides is 1. The number of rotatable bonds is 4. The van der Waals surface area contributed by atoms with Crippen molar-refractivity contribution in [2.75, 3.05) is 13.1 Å². The molecule has 1 unspecified atom stereocenters. The third kappa shape index (κ3) is 5.12. The molecule has 0 N–H and O–H groups in total. The van der Waals surface area contributed by atoms with Crippen LogP contribution in [0.25, 0.3) is 22.0 Å². The molecule has 0 bridgehead atoms. The largest absolute Gasteiger partial charge is 0.481 e. The van der Waals surface area contributed by atoms with Crippen molar-refractivity contribution >= 4 is 28.4 Å². The summed E-state index contributed by atoms with van der Waals surface area (Å²) >= 11 is 6.25. The predicted molar refractivity (Wildman–Crippen MR) is 119 cm³/mol. The Balaban J connectivity index is 0.00000132. The fraction of sp³-hybridized carbons (Fsp3) is 0.292. The molecular weight excluding hydrogens is 417 g/mol. The summed E-state index contributed by atoms with van der Waals surface area (Å²) in [7, 11) is 0. The molecule has 1 saturated heterocycles. The van der Waals surface area contributed by atoms with Gasteiger partial charge in [0.25, 0.3) is 5.91 Å². The number of likely N-dealkylation sites (tertiary alicyclic amines) is 1. The van der Waals surface area contributed by atoms with Crippen molar-refractivity contribution in [3.63, 3.8) is 0 Å². The van der Waals surface area contributed by atoms with Crippen molar-refractivity contribution in [2.45, 2.75) is 32.3 Å². The third-order valence-corrected chi connectivity index (χ3v) is 5.58. The number of benzene rings is 2. The Bertz CT molecular complexity index is 1100. The Morgan fingerprint density at radius 1 is 1.13 bits per heavy atom. The summed E-state index contributed by atoms with van der Waals surface area (Å²) < 4.78 is 19.3. The van der Waals surface area contributed by atoms with Gasteiger partial charge in [-0.15, -0.1) is 0 Å². The van der Waals surface area contributed by atoms with Crippen LogP contribution in [0.4, 0.5) is 4.39 Å². The van der Waals surface area contributed by atoms with E-state index in [4.69, 9.17) is 21.6 Å². The number of piperidine rings is 1. The summed E-state index contributed by atoms with van der Waals surface area (Å²) in [5, 5.41) is 7.72. The van der Waals surface area contributed by atoms with Crippen LogP contribution in [0.2, 0.25) is 5.02 Å². The highest BCUT2D eigenvalue weighted by atomic mass is 35.5. The van der Waals surface area contributed by atoms with Gasteiger partial charge in [0, 0.05) is 42.9 Å². The van der Waals surface area contributed by atoms with Gasteiger partial charge < -0.3 is 9.64 Å². The van der Waals surface area contributed by atoms with Crippen molar-refractivity contribution in [2.24, 2.45) is 0 Å². The van der Waals surface area contributed by atoms with Crippen molar-refractivity contribution in [1.29, 1.82) is 5.26 Å². The van der Waals surface area contributed by atoms with Crippen LogP contribution >= 0.6 is 11.6 Å². The standard InChI is InChI=1S/C23H22ClFN2O2.CHN/c1-15(23(28)27-11-3-2-4-12-27)29-17-6-8-20-18(9-10-26-22(20)14-17)19-7-5-16(25)13-21(19)24;1-2/h5-10,13-15H,2-4,11-12H2,1H3;1H. The van der Waals surface area contributed by atoms with Crippen LogP contribution in [0.15, 0.2) is 48.7 Å². The van der Waals surface area contributed by atoms with Gasteiger partial charge in [0.15, 0.2) is 6.10 Å². The fourth-order valence-electron chi connectivity index (χ4n) is 3.77. The molecule has 0 saturated carbocycles. The van der Waals surface area contributed by atoms with Crippen molar-refractivity contribution in [3.8, 4) is 23.4 Å². The van der Waals surface area contributed by atoms with E-state index in [1.54, 1.807) is 19.2 Å². The Hall–Kier alpha value is -3.17. The second-order valence-electron chi connectivity index (χ2n) is 7.31. The summed E-state index contributed by atoms with van der Waals surface area (Å²) in [5.74, 6) is 0.231. The summed E-state index contributed by atoms with van der Waals surface area (Å²) in [4.78, 5) is 18.9. The van der Waals surface area contributed by atoms with E-state index in [1.165, 1.54) is 18.6 Å². The zero-order chi connectivity index (χ0) is 22.4. The van der Waals surface area contributed by atoms with Crippen LogP contribution in [0.5, 0.6) is 5.75 Å². The molecular formula is C24H23ClFN3O2. The maximum atomic E-state index is 13.4. The third-order valence-electron chi connectivity index (χ3n) is 5.26. The molecule has 2 aromatic carbocycles. The molecule has 0 spiro atoms. The quantitative estimate of drug-likeness (QED) is 0.529. The first-order chi connectivity index (χ1) is 15.0. The van der Waals surface area contributed by atoms with Crippen LogP contribution in [-0.4, -0.2) is 35.0 Å². The van der Waals surface area contributed by atoms with Gasteiger partial charge in [0.1, 0.15) is 11.6 Å². The lowest BCUT2D eigenvalue weighted by atomic mass is 10.0. The molecule has 5 nitrogen and oxygen atoms in total. The van der Waals surface area contributed by atoms with E-state index in [9.17, 15) is 9.18 Å². The highest BCUT2D eigenvalue weighted by molar-refractivity contribution is 6.33. The second-order valence-corrected chi connectivity index (χ2v) is 7.71. The number of hydrogen-bond donors (Lipinski definition) is 0. The van der Waals surface area contributed by atoms with Crippen LogP contribution in [0.3, 0.4) is 0 Å². The Kier molecular flexibility index (Phi) is 7.43. The zero-order valence-electron chi connectivity index (χ0n) is 17.2. The number of carbonyl (C=O) groups excluding carboxylic acids is 1. The van der Waals surface area contributed by atoms with Crippen molar-refractivity contribution < 1.29 is 13.9 Å². The number of hydrogen-bond acceptors (Lipinski definition) is 4. The summed E-state index contributed by atoms with van der Waals surface area (Å²) in [6, 6.07) is 11.7. The van der Waals surface area contributed by atoms with Gasteiger partial charge in [-0.05, 0) is 68.1 Å². The van der Waals surface area contributed by atoms with E-state index in [2.05, 4.69) is 11.6 Å². The first-order valence-corrected chi connectivity index (χ1v) is 10.5. The molecule has 1 aliphatic rings. The summed E-state index contributed by atoms with van der Waals surface area (Å²) in [6.45, 7) is 6.88. The van der Waals surface area contributed by atoms with Crippen LogP contribution in [0.1, 0.15) is 26.2 Å². The minimum Gasteiger partial charge on any atom is -0.481 e. The maximum Gasteiger partial charge on any atom is 0.263 e. The molecule has 2 heterocycles. The average molecular weight is 440 g/mol. The van der Waals surface area contributed by atoms with Gasteiger partial charge in [-0.2, -0.15) is 0 Å². The van der Waals surface area contributed by atoms with Gasteiger partial charge in [0.2, 0.25) is 0 Å². The van der Waals surface area contributed by atoms with Crippen molar-refractivity contribution in [1.82, 2.24) is 9.88 Å². The average Bonchev–Trinajstić information content (AvgIpc) is 2.80. The van der Waals surface area contributed by atoms with E-state index < -0.39 is 6.10 Å². The molecule has 0 radical (unpaired) electrons. The normalized spacial score (nSPS) is 14.4. The van der Waals surface area contributed by atoms with Gasteiger partial charge in [0.05, 0.1) is 10.5 Å². The number of ether oxygens (including phenoxy) is 1. The van der Waals surface area contributed by atoms with Gasteiger partial charge in [-0.3, -0.25) is 9.78 Å². The first kappa shape index (κ1) is 22.5. The highest BCUT2D eigenvalue weighted by Gasteiger charge is 2.23.